The van der Waals surface area contributed by atoms with Crippen molar-refractivity contribution in [2.24, 2.45) is 0 Å². The highest BCUT2D eigenvalue weighted by Gasteiger charge is 2.15. The number of ether oxygens (including phenoxy) is 1. The van der Waals surface area contributed by atoms with E-state index in [4.69, 9.17) is 9.84 Å². The summed E-state index contributed by atoms with van der Waals surface area (Å²) in [6.07, 6.45) is -0.344. The lowest BCUT2D eigenvalue weighted by Crippen LogP contribution is -2.13. The van der Waals surface area contributed by atoms with Gasteiger partial charge < -0.3 is 9.84 Å². The number of carbonyl (C=O) groups is 1. The molecule has 18 heavy (non-hydrogen) atoms. The second-order valence-corrected chi connectivity index (χ2v) is 3.91. The number of carboxylic acids is 1. The average molecular weight is 242 g/mol. The van der Waals surface area contributed by atoms with Crippen molar-refractivity contribution in [3.8, 4) is 0 Å². The first-order valence-corrected chi connectivity index (χ1v) is 5.70. The van der Waals surface area contributed by atoms with Crippen LogP contribution in [0.5, 0.6) is 0 Å². The molecule has 0 saturated carbocycles. The van der Waals surface area contributed by atoms with E-state index in [1.165, 1.54) is 0 Å². The Kier molecular flexibility index (Phi) is 4.10. The molecule has 0 amide bonds. The predicted molar refractivity (Wildman–Crippen MR) is 68.3 cm³/mol. The molecule has 1 N–H and O–H groups in total. The third-order valence-electron chi connectivity index (χ3n) is 2.58. The van der Waals surface area contributed by atoms with Gasteiger partial charge in [0.15, 0.2) is 0 Å². The second-order valence-electron chi connectivity index (χ2n) is 3.91. The first kappa shape index (κ1) is 12.3. The Labute approximate surface area is 106 Å². The topological polar surface area (TPSA) is 46.5 Å². The number of carboxylic acid groups (broad SMARTS) is 1. The molecule has 2 rings (SSSR count). The maximum atomic E-state index is 10.6. The van der Waals surface area contributed by atoms with Crippen LogP contribution < -0.4 is 0 Å². The molecule has 0 aromatic heterocycles. The fourth-order valence-electron chi connectivity index (χ4n) is 1.80. The molecule has 0 aliphatic carbocycles. The zero-order valence-electron chi connectivity index (χ0n) is 9.82. The summed E-state index contributed by atoms with van der Waals surface area (Å²) in [7, 11) is 0. The maximum absolute atomic E-state index is 10.6. The smallest absolute Gasteiger partial charge is 0.329 e. The van der Waals surface area contributed by atoms with Gasteiger partial charge in [0.2, 0.25) is 0 Å². The highest BCUT2D eigenvalue weighted by atomic mass is 16.5. The minimum Gasteiger partial charge on any atom is -0.480 e. The van der Waals surface area contributed by atoms with Crippen molar-refractivity contribution < 1.29 is 14.6 Å². The SMILES string of the molecule is O=C(O)COC(c1ccccc1)c1ccccc1. The minimum atomic E-state index is -0.966. The molecule has 0 fully saturated rings. The van der Waals surface area contributed by atoms with Crippen LogP contribution in [0.3, 0.4) is 0 Å². The van der Waals surface area contributed by atoms with Gasteiger partial charge in [-0.15, -0.1) is 0 Å². The zero-order valence-corrected chi connectivity index (χ0v) is 9.82. The second kappa shape index (κ2) is 5.98. The van der Waals surface area contributed by atoms with E-state index >= 15 is 0 Å². The Morgan fingerprint density at radius 1 is 0.944 bits per heavy atom. The van der Waals surface area contributed by atoms with Gasteiger partial charge in [-0.3, -0.25) is 0 Å². The fraction of sp³-hybridized carbons (Fsp3) is 0.133. The van der Waals surface area contributed by atoms with Crippen LogP contribution in [-0.2, 0) is 9.53 Å². The van der Waals surface area contributed by atoms with Crippen LogP contribution >= 0.6 is 0 Å². The largest absolute Gasteiger partial charge is 0.480 e. The van der Waals surface area contributed by atoms with Crippen molar-refractivity contribution in [1.29, 1.82) is 0 Å². The van der Waals surface area contributed by atoms with E-state index in [1.54, 1.807) is 0 Å². The fourth-order valence-corrected chi connectivity index (χ4v) is 1.80. The predicted octanol–water partition coefficient (Wildman–Crippen LogP) is 2.88. The summed E-state index contributed by atoms with van der Waals surface area (Å²) in [6, 6.07) is 19.2. The van der Waals surface area contributed by atoms with Gasteiger partial charge in [-0.1, -0.05) is 60.7 Å². The van der Waals surface area contributed by atoms with Crippen LogP contribution in [0.25, 0.3) is 0 Å². The molecule has 0 radical (unpaired) electrons. The molecule has 3 nitrogen and oxygen atoms in total. The zero-order chi connectivity index (χ0) is 12.8. The van der Waals surface area contributed by atoms with Crippen molar-refractivity contribution in [2.75, 3.05) is 6.61 Å². The van der Waals surface area contributed by atoms with Crippen LogP contribution in [0.1, 0.15) is 17.2 Å². The average Bonchev–Trinajstić information content (AvgIpc) is 2.41. The lowest BCUT2D eigenvalue weighted by molar-refractivity contribution is -0.143. The van der Waals surface area contributed by atoms with Crippen LogP contribution in [-0.4, -0.2) is 17.7 Å². The van der Waals surface area contributed by atoms with Gasteiger partial charge in [-0.25, -0.2) is 4.79 Å². The molecule has 0 atom stereocenters. The van der Waals surface area contributed by atoms with Crippen molar-refractivity contribution in [1.82, 2.24) is 0 Å². The number of hydrogen-bond acceptors (Lipinski definition) is 2. The standard InChI is InChI=1S/C15H14O3/c16-14(17)11-18-15(12-7-3-1-4-8-12)13-9-5-2-6-10-13/h1-10,15H,11H2,(H,16,17). The van der Waals surface area contributed by atoms with E-state index in [-0.39, 0.29) is 12.7 Å². The highest BCUT2D eigenvalue weighted by molar-refractivity contribution is 5.68. The molecule has 2 aromatic carbocycles. The van der Waals surface area contributed by atoms with Crippen LogP contribution in [0.2, 0.25) is 0 Å². The summed E-state index contributed by atoms with van der Waals surface area (Å²) >= 11 is 0. The van der Waals surface area contributed by atoms with Crippen LogP contribution in [0.4, 0.5) is 0 Å². The number of benzene rings is 2. The number of rotatable bonds is 5. The van der Waals surface area contributed by atoms with Crippen LogP contribution in [0.15, 0.2) is 60.7 Å². The van der Waals surface area contributed by atoms with Crippen molar-refractivity contribution in [3.63, 3.8) is 0 Å². The van der Waals surface area contributed by atoms with Crippen molar-refractivity contribution >= 4 is 5.97 Å². The third kappa shape index (κ3) is 3.18. The summed E-state index contributed by atoms with van der Waals surface area (Å²) < 4.78 is 5.48. The summed E-state index contributed by atoms with van der Waals surface area (Å²) in [5.41, 5.74) is 1.90. The lowest BCUT2D eigenvalue weighted by Gasteiger charge is -2.17. The molecule has 2 aromatic rings. The van der Waals surface area contributed by atoms with E-state index in [0.717, 1.165) is 11.1 Å². The van der Waals surface area contributed by atoms with Gasteiger partial charge in [-0.05, 0) is 11.1 Å². The molecule has 0 bridgehead atoms. The van der Waals surface area contributed by atoms with E-state index in [0.29, 0.717) is 0 Å². The Balaban J connectivity index is 2.26. The molecule has 92 valence electrons. The molecular formula is C15H14O3. The van der Waals surface area contributed by atoms with Gasteiger partial charge in [0, 0.05) is 0 Å². The maximum Gasteiger partial charge on any atom is 0.329 e. The van der Waals surface area contributed by atoms with Gasteiger partial charge in [-0.2, -0.15) is 0 Å². The first-order valence-electron chi connectivity index (χ1n) is 5.70. The van der Waals surface area contributed by atoms with Crippen LogP contribution in [0, 0.1) is 0 Å². The normalized spacial score (nSPS) is 10.5. The molecule has 0 heterocycles. The van der Waals surface area contributed by atoms with Gasteiger partial charge in [0.1, 0.15) is 12.7 Å². The summed E-state index contributed by atoms with van der Waals surface area (Å²) in [6.45, 7) is -0.311. The molecule has 3 heteroatoms. The quantitative estimate of drug-likeness (QED) is 0.876. The van der Waals surface area contributed by atoms with E-state index in [1.807, 2.05) is 60.7 Å². The molecular weight excluding hydrogens is 228 g/mol. The van der Waals surface area contributed by atoms with Crippen molar-refractivity contribution in [3.05, 3.63) is 71.8 Å². The summed E-state index contributed by atoms with van der Waals surface area (Å²) in [5, 5.41) is 8.73. The molecule has 0 saturated heterocycles. The van der Waals surface area contributed by atoms with Gasteiger partial charge >= 0.3 is 5.97 Å². The van der Waals surface area contributed by atoms with Gasteiger partial charge in [0.05, 0.1) is 0 Å². The summed E-state index contributed by atoms with van der Waals surface area (Å²) in [5.74, 6) is -0.966. The first-order chi connectivity index (χ1) is 8.77. The Morgan fingerprint density at radius 2 is 1.39 bits per heavy atom. The monoisotopic (exact) mass is 242 g/mol. The van der Waals surface area contributed by atoms with E-state index in [2.05, 4.69) is 0 Å². The highest BCUT2D eigenvalue weighted by Crippen LogP contribution is 2.25. The number of aliphatic carboxylic acids is 1. The van der Waals surface area contributed by atoms with E-state index in [9.17, 15) is 4.79 Å². The molecule has 0 unspecified atom stereocenters. The summed E-state index contributed by atoms with van der Waals surface area (Å²) in [4.78, 5) is 10.6. The molecule has 0 aliphatic rings. The Hall–Kier alpha value is -2.13. The third-order valence-corrected chi connectivity index (χ3v) is 2.58. The van der Waals surface area contributed by atoms with Gasteiger partial charge in [0.25, 0.3) is 0 Å². The van der Waals surface area contributed by atoms with E-state index < -0.39 is 5.97 Å². The number of hydrogen-bond donors (Lipinski definition) is 1. The minimum absolute atomic E-state index is 0.311. The Morgan fingerprint density at radius 3 is 1.78 bits per heavy atom. The molecule has 0 spiro atoms. The van der Waals surface area contributed by atoms with Crippen molar-refractivity contribution in [2.45, 2.75) is 6.10 Å². The lowest BCUT2D eigenvalue weighted by atomic mass is 10.0. The Bertz CT molecular complexity index is 454. The molecule has 0 aliphatic heterocycles.